The Labute approximate surface area is 149 Å². The lowest BCUT2D eigenvalue weighted by molar-refractivity contribution is 0.597. The zero-order valence-electron chi connectivity index (χ0n) is 14.7. The number of nitrogens with one attached hydrogen (secondary N) is 1. The summed E-state index contributed by atoms with van der Waals surface area (Å²) in [5.41, 5.74) is 9.48. The highest BCUT2D eigenvalue weighted by atomic mass is 32.2. The number of benzene rings is 2. The molecule has 0 aromatic heterocycles. The summed E-state index contributed by atoms with van der Waals surface area (Å²) in [6.07, 6.45) is 0. The average molecular weight is 360 g/mol. The number of nitrogens with two attached hydrogens (primary N) is 2. The first-order chi connectivity index (χ1) is 11.7. The van der Waals surface area contributed by atoms with Gasteiger partial charge in [0.25, 0.3) is 0 Å². The number of hydrogen-bond acceptors (Lipinski definition) is 3. The molecule has 0 aliphatic rings. The third-order valence-electron chi connectivity index (χ3n) is 3.80. The van der Waals surface area contributed by atoms with Crippen molar-refractivity contribution < 1.29 is 8.42 Å². The highest BCUT2D eigenvalue weighted by Crippen LogP contribution is 2.19. The van der Waals surface area contributed by atoms with Crippen LogP contribution in [0.5, 0.6) is 0 Å². The van der Waals surface area contributed by atoms with Gasteiger partial charge in [-0.3, -0.25) is 0 Å². The van der Waals surface area contributed by atoms with Gasteiger partial charge in [0, 0.05) is 5.69 Å². The summed E-state index contributed by atoms with van der Waals surface area (Å²) in [7, 11) is -3.71. The largest absolute Gasteiger partial charge is 0.370 e. The van der Waals surface area contributed by atoms with E-state index in [-0.39, 0.29) is 4.90 Å². The summed E-state index contributed by atoms with van der Waals surface area (Å²) in [6, 6.07) is 12.9. The fourth-order valence-corrected chi connectivity index (χ4v) is 3.23. The van der Waals surface area contributed by atoms with Crippen molar-refractivity contribution in [1.82, 2.24) is 0 Å². The van der Waals surface area contributed by atoms with Gasteiger partial charge in [-0.05, 0) is 47.7 Å². The zero-order valence-corrected chi connectivity index (χ0v) is 15.5. The molecule has 0 saturated heterocycles. The van der Waals surface area contributed by atoms with E-state index < -0.39 is 10.0 Å². The fraction of sp³-hybridized carbons (Fsp3) is 0.278. The zero-order chi connectivity index (χ0) is 18.6. The Hall–Kier alpha value is -2.38. The Morgan fingerprint density at radius 3 is 2.52 bits per heavy atom. The predicted octanol–water partition coefficient (Wildman–Crippen LogP) is 2.69. The Balaban J connectivity index is 2.09. The average Bonchev–Trinajstić information content (AvgIpc) is 2.52. The van der Waals surface area contributed by atoms with Gasteiger partial charge in [0.05, 0.1) is 11.4 Å². The molecule has 0 aliphatic carbocycles. The van der Waals surface area contributed by atoms with Crippen LogP contribution in [0.3, 0.4) is 0 Å². The molecule has 6 nitrogen and oxygen atoms in total. The lowest BCUT2D eigenvalue weighted by atomic mass is 10.0. The molecule has 2 rings (SSSR count). The molecular weight excluding hydrogens is 336 g/mol. The molecule has 0 heterocycles. The molecule has 0 amide bonds. The first kappa shape index (κ1) is 19.0. The number of rotatable bonds is 5. The molecule has 0 radical (unpaired) electrons. The van der Waals surface area contributed by atoms with Crippen molar-refractivity contribution in [3.63, 3.8) is 0 Å². The molecule has 25 heavy (non-hydrogen) atoms. The maximum absolute atomic E-state index is 11.4. The third-order valence-corrected chi connectivity index (χ3v) is 4.87. The molecule has 0 saturated carbocycles. The van der Waals surface area contributed by atoms with Gasteiger partial charge in [-0.2, -0.15) is 0 Å². The van der Waals surface area contributed by atoms with Crippen molar-refractivity contribution >= 4 is 21.7 Å². The summed E-state index contributed by atoms with van der Waals surface area (Å²) in [4.78, 5) is 4.42. The summed E-state index contributed by atoms with van der Waals surface area (Å²) < 4.78 is 22.9. The van der Waals surface area contributed by atoms with Crippen LogP contribution in [0.2, 0.25) is 0 Å². The topological polar surface area (TPSA) is 111 Å². The summed E-state index contributed by atoms with van der Waals surface area (Å²) >= 11 is 0. The Kier molecular flexibility index (Phi) is 5.81. The SMILES string of the molecule is Cc1cc(CN=C(N)Nc2cccc(C(C)C)c2)ccc1S(N)(=O)=O. The molecule has 2 aromatic carbocycles. The van der Waals surface area contributed by atoms with Crippen LogP contribution >= 0.6 is 0 Å². The number of aryl methyl sites for hydroxylation is 1. The van der Waals surface area contributed by atoms with Crippen molar-refractivity contribution in [1.29, 1.82) is 0 Å². The summed E-state index contributed by atoms with van der Waals surface area (Å²) in [5.74, 6) is 0.731. The van der Waals surface area contributed by atoms with E-state index in [1.54, 1.807) is 19.1 Å². The van der Waals surface area contributed by atoms with Gasteiger partial charge < -0.3 is 11.1 Å². The second kappa shape index (κ2) is 7.67. The fourth-order valence-electron chi connectivity index (χ4n) is 2.47. The smallest absolute Gasteiger partial charge is 0.238 e. The van der Waals surface area contributed by atoms with Gasteiger partial charge in [0.1, 0.15) is 0 Å². The van der Waals surface area contributed by atoms with E-state index in [2.05, 4.69) is 30.2 Å². The third kappa shape index (κ3) is 5.30. The molecule has 5 N–H and O–H groups in total. The van der Waals surface area contributed by atoms with Gasteiger partial charge in [-0.15, -0.1) is 0 Å². The number of sulfonamides is 1. The van der Waals surface area contributed by atoms with E-state index in [0.717, 1.165) is 11.3 Å². The van der Waals surface area contributed by atoms with Crippen LogP contribution < -0.4 is 16.2 Å². The monoisotopic (exact) mass is 360 g/mol. The quantitative estimate of drug-likeness (QED) is 0.562. The van der Waals surface area contributed by atoms with Crippen molar-refractivity contribution in [2.45, 2.75) is 38.1 Å². The van der Waals surface area contributed by atoms with Gasteiger partial charge in [0.15, 0.2) is 5.96 Å². The van der Waals surface area contributed by atoms with Crippen molar-refractivity contribution in [2.24, 2.45) is 15.9 Å². The lowest BCUT2D eigenvalue weighted by Gasteiger charge is -2.10. The van der Waals surface area contributed by atoms with E-state index >= 15 is 0 Å². The van der Waals surface area contributed by atoms with Crippen LogP contribution in [-0.2, 0) is 16.6 Å². The second-order valence-corrected chi connectivity index (χ2v) is 7.78. The van der Waals surface area contributed by atoms with Gasteiger partial charge in [-0.1, -0.05) is 38.1 Å². The van der Waals surface area contributed by atoms with E-state index in [4.69, 9.17) is 10.9 Å². The van der Waals surface area contributed by atoms with Crippen LogP contribution in [0, 0.1) is 6.92 Å². The highest BCUT2D eigenvalue weighted by Gasteiger charge is 2.11. The molecule has 0 bridgehead atoms. The summed E-state index contributed by atoms with van der Waals surface area (Å²) in [6.45, 7) is 6.30. The molecule has 0 unspecified atom stereocenters. The highest BCUT2D eigenvalue weighted by molar-refractivity contribution is 7.89. The molecule has 2 aromatic rings. The van der Waals surface area contributed by atoms with E-state index in [1.807, 2.05) is 18.2 Å². The Morgan fingerprint density at radius 1 is 1.20 bits per heavy atom. The number of anilines is 1. The van der Waals surface area contributed by atoms with Gasteiger partial charge in [-0.25, -0.2) is 18.5 Å². The molecule has 0 atom stereocenters. The van der Waals surface area contributed by atoms with Crippen molar-refractivity contribution in [3.05, 3.63) is 59.2 Å². The minimum Gasteiger partial charge on any atom is -0.370 e. The number of primary sulfonamides is 1. The van der Waals surface area contributed by atoms with Crippen LogP contribution in [0.4, 0.5) is 5.69 Å². The number of nitrogens with zero attached hydrogens (tertiary/aromatic N) is 1. The maximum Gasteiger partial charge on any atom is 0.238 e. The first-order valence-electron chi connectivity index (χ1n) is 7.96. The Morgan fingerprint density at radius 2 is 1.92 bits per heavy atom. The van der Waals surface area contributed by atoms with E-state index in [0.29, 0.717) is 24.0 Å². The van der Waals surface area contributed by atoms with E-state index in [1.165, 1.54) is 11.6 Å². The lowest BCUT2D eigenvalue weighted by Crippen LogP contribution is -2.22. The molecular formula is C18H24N4O2S. The normalized spacial score (nSPS) is 12.4. The number of aliphatic imine (C=N–C) groups is 1. The number of guanidine groups is 1. The standard InChI is InChI=1S/C18H24N4O2S/c1-12(2)15-5-4-6-16(10-15)22-18(19)21-11-14-7-8-17(13(3)9-14)25(20,23)24/h4-10,12H,11H2,1-3H3,(H3,19,21,22)(H2,20,23,24). The molecule has 134 valence electrons. The minimum absolute atomic E-state index is 0.122. The number of hydrogen-bond donors (Lipinski definition) is 3. The molecule has 0 spiro atoms. The van der Waals surface area contributed by atoms with Gasteiger partial charge in [0.2, 0.25) is 10.0 Å². The molecule has 7 heteroatoms. The van der Waals surface area contributed by atoms with Crippen molar-refractivity contribution in [2.75, 3.05) is 5.32 Å². The van der Waals surface area contributed by atoms with E-state index in [9.17, 15) is 8.42 Å². The Bertz CT molecular complexity index is 890. The second-order valence-electron chi connectivity index (χ2n) is 6.25. The molecule has 0 aliphatic heterocycles. The molecule has 0 fully saturated rings. The van der Waals surface area contributed by atoms with Crippen LogP contribution in [0.1, 0.15) is 36.5 Å². The predicted molar refractivity (Wildman–Crippen MR) is 102 cm³/mol. The van der Waals surface area contributed by atoms with Crippen LogP contribution in [0.15, 0.2) is 52.4 Å². The van der Waals surface area contributed by atoms with Crippen LogP contribution in [-0.4, -0.2) is 14.4 Å². The van der Waals surface area contributed by atoms with Gasteiger partial charge >= 0.3 is 0 Å². The maximum atomic E-state index is 11.4. The first-order valence-corrected chi connectivity index (χ1v) is 9.50. The van der Waals surface area contributed by atoms with Crippen LogP contribution in [0.25, 0.3) is 0 Å². The minimum atomic E-state index is -3.71. The van der Waals surface area contributed by atoms with Crippen molar-refractivity contribution in [3.8, 4) is 0 Å². The summed E-state index contributed by atoms with van der Waals surface area (Å²) in [5, 5.41) is 8.23.